The standard InChI is InChI=1S/C18H21ClN2O4S/c1-3-20-18(22)13-25-17-10-8-16(9-11-17)21(26(2,23)24)12-14-4-6-15(19)7-5-14/h4-11H,3,12-13H2,1-2H3,(H,20,22). The first-order valence-electron chi connectivity index (χ1n) is 8.01. The summed E-state index contributed by atoms with van der Waals surface area (Å²) < 4.78 is 31.1. The lowest BCUT2D eigenvalue weighted by Gasteiger charge is -2.23. The van der Waals surface area contributed by atoms with Crippen LogP contribution in [0.25, 0.3) is 0 Å². The molecule has 0 fully saturated rings. The maximum Gasteiger partial charge on any atom is 0.257 e. The van der Waals surface area contributed by atoms with Crippen molar-refractivity contribution in [3.63, 3.8) is 0 Å². The van der Waals surface area contributed by atoms with Crippen molar-refractivity contribution in [2.75, 3.05) is 23.7 Å². The number of amides is 1. The van der Waals surface area contributed by atoms with Gasteiger partial charge >= 0.3 is 0 Å². The maximum absolute atomic E-state index is 12.2. The normalized spacial score (nSPS) is 11.0. The Morgan fingerprint density at radius 3 is 2.27 bits per heavy atom. The molecule has 0 heterocycles. The van der Waals surface area contributed by atoms with Crippen molar-refractivity contribution in [1.82, 2.24) is 5.32 Å². The SMILES string of the molecule is CCNC(=O)COc1ccc(N(Cc2ccc(Cl)cc2)S(C)(=O)=O)cc1. The van der Waals surface area contributed by atoms with Gasteiger partial charge < -0.3 is 10.1 Å². The Labute approximate surface area is 158 Å². The third kappa shape index (κ3) is 5.93. The van der Waals surface area contributed by atoms with E-state index in [-0.39, 0.29) is 19.1 Å². The fraction of sp³-hybridized carbons (Fsp3) is 0.278. The Morgan fingerprint density at radius 2 is 1.73 bits per heavy atom. The molecule has 0 unspecified atom stereocenters. The summed E-state index contributed by atoms with van der Waals surface area (Å²) in [5.74, 6) is 0.275. The van der Waals surface area contributed by atoms with Gasteiger partial charge in [0.2, 0.25) is 10.0 Å². The minimum Gasteiger partial charge on any atom is -0.484 e. The van der Waals surface area contributed by atoms with E-state index in [4.69, 9.17) is 16.3 Å². The summed E-state index contributed by atoms with van der Waals surface area (Å²) in [6.45, 7) is 2.46. The number of benzene rings is 2. The van der Waals surface area contributed by atoms with Crippen LogP contribution < -0.4 is 14.4 Å². The molecule has 26 heavy (non-hydrogen) atoms. The topological polar surface area (TPSA) is 75.7 Å². The lowest BCUT2D eigenvalue weighted by Crippen LogP contribution is -2.29. The van der Waals surface area contributed by atoms with Gasteiger partial charge in [-0.15, -0.1) is 0 Å². The molecule has 0 aliphatic carbocycles. The van der Waals surface area contributed by atoms with Crippen molar-refractivity contribution in [3.05, 3.63) is 59.1 Å². The summed E-state index contributed by atoms with van der Waals surface area (Å²) in [7, 11) is -3.48. The third-order valence-corrected chi connectivity index (χ3v) is 4.90. The van der Waals surface area contributed by atoms with E-state index in [1.165, 1.54) is 4.31 Å². The number of sulfonamides is 1. The molecular weight excluding hydrogens is 376 g/mol. The number of likely N-dealkylation sites (N-methyl/N-ethyl adjacent to an activating group) is 1. The molecule has 0 aliphatic rings. The van der Waals surface area contributed by atoms with Gasteiger partial charge in [0, 0.05) is 11.6 Å². The van der Waals surface area contributed by atoms with Crippen molar-refractivity contribution in [2.24, 2.45) is 0 Å². The van der Waals surface area contributed by atoms with Gasteiger partial charge in [0.25, 0.3) is 5.91 Å². The van der Waals surface area contributed by atoms with Crippen molar-refractivity contribution in [3.8, 4) is 5.75 Å². The second-order valence-electron chi connectivity index (χ2n) is 5.63. The lowest BCUT2D eigenvalue weighted by molar-refractivity contribution is -0.122. The van der Waals surface area contributed by atoms with E-state index >= 15 is 0 Å². The van der Waals surface area contributed by atoms with Crippen molar-refractivity contribution in [2.45, 2.75) is 13.5 Å². The lowest BCUT2D eigenvalue weighted by atomic mass is 10.2. The number of hydrogen-bond acceptors (Lipinski definition) is 4. The average molecular weight is 397 g/mol. The first-order chi connectivity index (χ1) is 12.3. The van der Waals surface area contributed by atoms with E-state index in [0.717, 1.165) is 11.8 Å². The van der Waals surface area contributed by atoms with E-state index in [2.05, 4.69) is 5.32 Å². The Morgan fingerprint density at radius 1 is 1.12 bits per heavy atom. The molecule has 1 N–H and O–H groups in total. The predicted molar refractivity (Wildman–Crippen MR) is 103 cm³/mol. The van der Waals surface area contributed by atoms with E-state index < -0.39 is 10.0 Å². The number of halogens is 1. The van der Waals surface area contributed by atoms with Crippen LogP contribution in [0.15, 0.2) is 48.5 Å². The first kappa shape index (κ1) is 20.1. The zero-order valence-corrected chi connectivity index (χ0v) is 16.2. The van der Waals surface area contributed by atoms with Crippen LogP contribution in [0.4, 0.5) is 5.69 Å². The number of anilines is 1. The Balaban J connectivity index is 2.13. The summed E-state index contributed by atoms with van der Waals surface area (Å²) in [5, 5.41) is 3.23. The molecule has 8 heteroatoms. The molecule has 140 valence electrons. The largest absolute Gasteiger partial charge is 0.484 e. The summed E-state index contributed by atoms with van der Waals surface area (Å²) in [6, 6.07) is 13.6. The van der Waals surface area contributed by atoms with Gasteiger partial charge in [-0.3, -0.25) is 9.10 Å². The summed E-state index contributed by atoms with van der Waals surface area (Å²) in [4.78, 5) is 11.4. The highest BCUT2D eigenvalue weighted by atomic mass is 35.5. The molecule has 0 aliphatic heterocycles. The first-order valence-corrected chi connectivity index (χ1v) is 10.2. The molecule has 1 amide bonds. The molecule has 0 atom stereocenters. The van der Waals surface area contributed by atoms with E-state index in [1.807, 2.05) is 6.92 Å². The van der Waals surface area contributed by atoms with Gasteiger partial charge in [0.1, 0.15) is 5.75 Å². The predicted octanol–water partition coefficient (Wildman–Crippen LogP) is 2.82. The number of nitrogens with zero attached hydrogens (tertiary/aromatic N) is 1. The van der Waals surface area contributed by atoms with Gasteiger partial charge in [-0.25, -0.2) is 8.42 Å². The zero-order valence-electron chi connectivity index (χ0n) is 14.6. The minimum atomic E-state index is -3.48. The molecule has 0 saturated carbocycles. The Kier molecular flexibility index (Phi) is 6.88. The molecule has 0 saturated heterocycles. The smallest absolute Gasteiger partial charge is 0.257 e. The van der Waals surface area contributed by atoms with Crippen molar-refractivity contribution < 1.29 is 17.9 Å². The molecular formula is C18H21ClN2O4S. The Bertz CT molecular complexity index is 836. The number of rotatable bonds is 8. The fourth-order valence-corrected chi connectivity index (χ4v) is 3.28. The van der Waals surface area contributed by atoms with Crippen LogP contribution in [-0.2, 0) is 21.4 Å². The van der Waals surface area contributed by atoms with Gasteiger partial charge in [-0.05, 0) is 48.9 Å². The highest BCUT2D eigenvalue weighted by Gasteiger charge is 2.18. The molecule has 2 aromatic carbocycles. The minimum absolute atomic E-state index is 0.0895. The maximum atomic E-state index is 12.2. The molecule has 0 radical (unpaired) electrons. The monoisotopic (exact) mass is 396 g/mol. The fourth-order valence-electron chi connectivity index (χ4n) is 2.26. The third-order valence-electron chi connectivity index (χ3n) is 3.51. The van der Waals surface area contributed by atoms with Gasteiger partial charge in [0.05, 0.1) is 18.5 Å². The van der Waals surface area contributed by atoms with Crippen molar-refractivity contribution >= 4 is 33.2 Å². The molecule has 0 bridgehead atoms. The number of carbonyl (C=O) groups excluding carboxylic acids is 1. The van der Waals surface area contributed by atoms with E-state index in [0.29, 0.717) is 23.0 Å². The van der Waals surface area contributed by atoms with Gasteiger partial charge in [-0.1, -0.05) is 23.7 Å². The van der Waals surface area contributed by atoms with E-state index in [1.54, 1.807) is 48.5 Å². The summed E-state index contributed by atoms with van der Waals surface area (Å²) in [5.41, 5.74) is 1.32. The molecule has 0 spiro atoms. The summed E-state index contributed by atoms with van der Waals surface area (Å²) in [6.07, 6.45) is 1.16. The number of nitrogens with one attached hydrogen (secondary N) is 1. The van der Waals surface area contributed by atoms with Gasteiger partial charge in [0.15, 0.2) is 6.61 Å². The average Bonchev–Trinajstić information content (AvgIpc) is 2.59. The van der Waals surface area contributed by atoms with Crippen LogP contribution in [0.2, 0.25) is 5.02 Å². The second-order valence-corrected chi connectivity index (χ2v) is 7.98. The zero-order chi connectivity index (χ0) is 19.2. The highest BCUT2D eigenvalue weighted by molar-refractivity contribution is 7.92. The number of hydrogen-bond donors (Lipinski definition) is 1. The highest BCUT2D eigenvalue weighted by Crippen LogP contribution is 2.24. The molecule has 0 aromatic heterocycles. The Hall–Kier alpha value is -2.25. The van der Waals surface area contributed by atoms with Crippen LogP contribution in [0.3, 0.4) is 0 Å². The van der Waals surface area contributed by atoms with E-state index in [9.17, 15) is 13.2 Å². The number of ether oxygens (including phenoxy) is 1. The summed E-state index contributed by atoms with van der Waals surface area (Å²) >= 11 is 5.87. The van der Waals surface area contributed by atoms with Crippen LogP contribution in [-0.4, -0.2) is 33.7 Å². The van der Waals surface area contributed by atoms with Crippen LogP contribution >= 0.6 is 11.6 Å². The number of carbonyl (C=O) groups is 1. The van der Waals surface area contributed by atoms with Crippen LogP contribution in [0, 0.1) is 0 Å². The molecule has 6 nitrogen and oxygen atoms in total. The van der Waals surface area contributed by atoms with Crippen molar-refractivity contribution in [1.29, 1.82) is 0 Å². The van der Waals surface area contributed by atoms with Crippen LogP contribution in [0.1, 0.15) is 12.5 Å². The van der Waals surface area contributed by atoms with Crippen LogP contribution in [0.5, 0.6) is 5.75 Å². The molecule has 2 aromatic rings. The van der Waals surface area contributed by atoms with Gasteiger partial charge in [-0.2, -0.15) is 0 Å². The quantitative estimate of drug-likeness (QED) is 0.744. The molecule has 2 rings (SSSR count). The second kappa shape index (κ2) is 8.91.